The van der Waals surface area contributed by atoms with Crippen LogP contribution < -0.4 is 10.1 Å². The Morgan fingerprint density at radius 3 is 2.37 bits per heavy atom. The second-order valence-corrected chi connectivity index (χ2v) is 5.67. The van der Waals surface area contributed by atoms with E-state index in [0.717, 1.165) is 29.8 Å². The molecule has 3 rings (SSSR count). The molecule has 0 saturated heterocycles. The van der Waals surface area contributed by atoms with Crippen molar-refractivity contribution in [1.82, 2.24) is 10.5 Å². The molecular weight excluding hydrogens is 361 g/mol. The van der Waals surface area contributed by atoms with Crippen molar-refractivity contribution in [3.05, 3.63) is 71.4 Å². The highest BCUT2D eigenvalue weighted by molar-refractivity contribution is 5.94. The van der Waals surface area contributed by atoms with Crippen LogP contribution in [0.15, 0.2) is 59.1 Å². The molecule has 0 bridgehead atoms. The minimum Gasteiger partial charge on any atom is -0.497 e. The van der Waals surface area contributed by atoms with E-state index in [1.807, 2.05) is 12.1 Å². The average Bonchev–Trinajstić information content (AvgIpc) is 3.14. The van der Waals surface area contributed by atoms with Crippen LogP contribution in [0.4, 0.5) is 13.2 Å². The summed E-state index contributed by atoms with van der Waals surface area (Å²) in [6, 6.07) is 12.9. The van der Waals surface area contributed by atoms with Crippen molar-refractivity contribution in [1.29, 1.82) is 0 Å². The predicted octanol–water partition coefficient (Wildman–Crippen LogP) is 4.30. The molecule has 3 aromatic rings. The van der Waals surface area contributed by atoms with Crippen LogP contribution in [0.2, 0.25) is 0 Å². The lowest BCUT2D eigenvalue weighted by molar-refractivity contribution is -0.137. The van der Waals surface area contributed by atoms with Gasteiger partial charge in [-0.15, -0.1) is 0 Å². The van der Waals surface area contributed by atoms with E-state index in [1.54, 1.807) is 25.3 Å². The quantitative estimate of drug-likeness (QED) is 0.721. The molecule has 0 aliphatic carbocycles. The van der Waals surface area contributed by atoms with Crippen LogP contribution in [0.25, 0.3) is 11.3 Å². The van der Waals surface area contributed by atoms with E-state index in [-0.39, 0.29) is 12.1 Å². The number of carbonyl (C=O) groups is 1. The summed E-state index contributed by atoms with van der Waals surface area (Å²) in [5, 5.41) is 6.47. The van der Waals surface area contributed by atoms with Gasteiger partial charge in [0.2, 0.25) is 0 Å². The monoisotopic (exact) mass is 376 g/mol. The average molecular weight is 376 g/mol. The number of methoxy groups -OCH3 is 1. The topological polar surface area (TPSA) is 64.4 Å². The second kappa shape index (κ2) is 7.53. The molecular formula is C19H15F3N2O3. The van der Waals surface area contributed by atoms with E-state index in [1.165, 1.54) is 0 Å². The second-order valence-electron chi connectivity index (χ2n) is 5.67. The van der Waals surface area contributed by atoms with Crippen LogP contribution in [0.5, 0.6) is 5.75 Å². The molecule has 0 atom stereocenters. The largest absolute Gasteiger partial charge is 0.497 e. The van der Waals surface area contributed by atoms with Crippen molar-refractivity contribution < 1.29 is 27.2 Å². The van der Waals surface area contributed by atoms with Crippen LogP contribution in [-0.4, -0.2) is 18.2 Å². The molecule has 0 spiro atoms. The summed E-state index contributed by atoms with van der Waals surface area (Å²) in [5.74, 6) is 0.733. The highest BCUT2D eigenvalue weighted by atomic mass is 19.4. The molecule has 0 saturated carbocycles. The number of benzene rings is 2. The van der Waals surface area contributed by atoms with Crippen molar-refractivity contribution in [2.24, 2.45) is 0 Å². The molecule has 0 unspecified atom stereocenters. The van der Waals surface area contributed by atoms with E-state index in [4.69, 9.17) is 9.26 Å². The molecule has 1 N–H and O–H groups in total. The zero-order chi connectivity index (χ0) is 19.4. The SMILES string of the molecule is COc1ccc(-c2cc(CNC(=O)c3ccc(C(F)(F)F)cc3)no2)cc1. The first-order valence-electron chi connectivity index (χ1n) is 7.92. The van der Waals surface area contributed by atoms with Gasteiger partial charge in [-0.2, -0.15) is 13.2 Å². The Hall–Kier alpha value is -3.29. The number of amides is 1. The van der Waals surface area contributed by atoms with Crippen LogP contribution >= 0.6 is 0 Å². The molecule has 0 aliphatic rings. The molecule has 1 heterocycles. The summed E-state index contributed by atoms with van der Waals surface area (Å²) in [5.41, 5.74) is 0.603. The molecule has 0 aliphatic heterocycles. The Morgan fingerprint density at radius 2 is 1.78 bits per heavy atom. The molecule has 1 aromatic heterocycles. The molecule has 0 fully saturated rings. The number of rotatable bonds is 5. The van der Waals surface area contributed by atoms with E-state index in [9.17, 15) is 18.0 Å². The third kappa shape index (κ3) is 4.46. The standard InChI is InChI=1S/C19H15F3N2O3/c1-26-16-8-4-12(5-9-16)17-10-15(24-27-17)11-23-18(25)13-2-6-14(7-3-13)19(20,21)22/h2-10H,11H2,1H3,(H,23,25). The summed E-state index contributed by atoms with van der Waals surface area (Å²) in [4.78, 5) is 12.1. The molecule has 27 heavy (non-hydrogen) atoms. The third-order valence-corrected chi connectivity index (χ3v) is 3.84. The van der Waals surface area contributed by atoms with Gasteiger partial charge in [0, 0.05) is 17.2 Å². The first-order valence-corrected chi connectivity index (χ1v) is 7.92. The molecule has 2 aromatic carbocycles. The van der Waals surface area contributed by atoms with Crippen molar-refractivity contribution in [3.63, 3.8) is 0 Å². The van der Waals surface area contributed by atoms with Gasteiger partial charge in [0.1, 0.15) is 11.4 Å². The van der Waals surface area contributed by atoms with E-state index in [0.29, 0.717) is 17.2 Å². The van der Waals surface area contributed by atoms with E-state index in [2.05, 4.69) is 10.5 Å². The van der Waals surface area contributed by atoms with Crippen molar-refractivity contribution in [2.45, 2.75) is 12.7 Å². The molecule has 140 valence electrons. The number of hydrogen-bond donors (Lipinski definition) is 1. The normalized spacial score (nSPS) is 11.3. The Labute approximate surface area is 152 Å². The number of nitrogens with zero attached hydrogens (tertiary/aromatic N) is 1. The summed E-state index contributed by atoms with van der Waals surface area (Å²) < 4.78 is 48.0. The Kier molecular flexibility index (Phi) is 5.16. The number of nitrogens with one attached hydrogen (secondary N) is 1. The number of hydrogen-bond acceptors (Lipinski definition) is 4. The zero-order valence-electron chi connectivity index (χ0n) is 14.2. The number of halogens is 3. The fourth-order valence-corrected chi connectivity index (χ4v) is 2.37. The predicted molar refractivity (Wildman–Crippen MR) is 91.1 cm³/mol. The molecule has 8 heteroatoms. The zero-order valence-corrected chi connectivity index (χ0v) is 14.2. The number of ether oxygens (including phenoxy) is 1. The summed E-state index contributed by atoms with van der Waals surface area (Å²) >= 11 is 0. The van der Waals surface area contributed by atoms with Gasteiger partial charge < -0.3 is 14.6 Å². The minimum atomic E-state index is -4.44. The highest BCUT2D eigenvalue weighted by Gasteiger charge is 2.30. The minimum absolute atomic E-state index is 0.0828. The highest BCUT2D eigenvalue weighted by Crippen LogP contribution is 2.29. The lowest BCUT2D eigenvalue weighted by Gasteiger charge is -2.07. The number of alkyl halides is 3. The van der Waals surface area contributed by atoms with Gasteiger partial charge in [-0.3, -0.25) is 4.79 Å². The van der Waals surface area contributed by atoms with Crippen molar-refractivity contribution >= 4 is 5.91 Å². The van der Waals surface area contributed by atoms with Gasteiger partial charge in [0.05, 0.1) is 19.2 Å². The van der Waals surface area contributed by atoms with Gasteiger partial charge in [-0.25, -0.2) is 0 Å². The number of carbonyl (C=O) groups excluding carboxylic acids is 1. The maximum atomic E-state index is 12.5. The summed E-state index contributed by atoms with van der Waals surface area (Å²) in [6.45, 7) is 0.0828. The van der Waals surface area contributed by atoms with E-state index < -0.39 is 17.6 Å². The summed E-state index contributed by atoms with van der Waals surface area (Å²) in [7, 11) is 1.57. The van der Waals surface area contributed by atoms with Gasteiger partial charge in [0.25, 0.3) is 5.91 Å². The van der Waals surface area contributed by atoms with E-state index >= 15 is 0 Å². The lowest BCUT2D eigenvalue weighted by Crippen LogP contribution is -2.23. The third-order valence-electron chi connectivity index (χ3n) is 3.84. The Morgan fingerprint density at radius 1 is 1.11 bits per heavy atom. The molecule has 1 amide bonds. The van der Waals surface area contributed by atoms with Crippen LogP contribution in [0.1, 0.15) is 21.6 Å². The Balaban J connectivity index is 1.61. The van der Waals surface area contributed by atoms with Crippen LogP contribution in [-0.2, 0) is 12.7 Å². The van der Waals surface area contributed by atoms with Crippen LogP contribution in [0.3, 0.4) is 0 Å². The number of aromatic nitrogens is 1. The summed E-state index contributed by atoms with van der Waals surface area (Å²) in [6.07, 6.45) is -4.44. The smallest absolute Gasteiger partial charge is 0.416 e. The maximum Gasteiger partial charge on any atom is 0.416 e. The lowest BCUT2D eigenvalue weighted by atomic mass is 10.1. The molecule has 5 nitrogen and oxygen atoms in total. The fourth-order valence-electron chi connectivity index (χ4n) is 2.37. The maximum absolute atomic E-state index is 12.5. The Bertz CT molecular complexity index is 917. The molecule has 0 radical (unpaired) electrons. The van der Waals surface area contributed by atoms with Gasteiger partial charge in [-0.05, 0) is 48.5 Å². The van der Waals surface area contributed by atoms with Gasteiger partial charge >= 0.3 is 6.18 Å². The van der Waals surface area contributed by atoms with Crippen molar-refractivity contribution in [2.75, 3.05) is 7.11 Å². The van der Waals surface area contributed by atoms with Crippen molar-refractivity contribution in [3.8, 4) is 17.1 Å². The first-order chi connectivity index (χ1) is 12.9. The van der Waals surface area contributed by atoms with Gasteiger partial charge in [0.15, 0.2) is 5.76 Å². The fraction of sp³-hybridized carbons (Fsp3) is 0.158. The van der Waals surface area contributed by atoms with Crippen LogP contribution in [0, 0.1) is 0 Å². The first kappa shape index (κ1) is 18.5. The van der Waals surface area contributed by atoms with Gasteiger partial charge in [-0.1, -0.05) is 5.16 Å².